The van der Waals surface area contributed by atoms with Gasteiger partial charge in [-0.1, -0.05) is 95.9 Å². The third-order valence-corrected chi connectivity index (χ3v) is 5.07. The molecule has 22 heavy (non-hydrogen) atoms. The summed E-state index contributed by atoms with van der Waals surface area (Å²) >= 11 is 0. The highest BCUT2D eigenvalue weighted by molar-refractivity contribution is 6.08. The summed E-state index contributed by atoms with van der Waals surface area (Å²) in [5.41, 5.74) is 0. The van der Waals surface area contributed by atoms with Crippen LogP contribution >= 0.6 is 0 Å². The van der Waals surface area contributed by atoms with Crippen LogP contribution in [-0.4, -0.2) is 31.5 Å². The zero-order valence-electron chi connectivity index (χ0n) is 14.9. The predicted octanol–water partition coefficient (Wildman–Crippen LogP) is 3.64. The predicted molar refractivity (Wildman–Crippen MR) is 98.0 cm³/mol. The van der Waals surface area contributed by atoms with E-state index < -0.39 is 5.97 Å². The van der Waals surface area contributed by atoms with Crippen molar-refractivity contribution in [2.45, 2.75) is 115 Å². The lowest BCUT2D eigenvalue weighted by atomic mass is 10.0. The molecule has 0 bridgehead atoms. The van der Waals surface area contributed by atoms with E-state index in [-0.39, 0.29) is 6.42 Å². The first-order chi connectivity index (χ1) is 10.6. The van der Waals surface area contributed by atoms with Gasteiger partial charge in [0, 0.05) is 16.7 Å². The molecule has 134 valence electrons. The Morgan fingerprint density at radius 1 is 0.455 bits per heavy atom. The summed E-state index contributed by atoms with van der Waals surface area (Å²) in [6.07, 6.45) is 19.6. The van der Waals surface area contributed by atoms with Crippen LogP contribution in [0.4, 0.5) is 0 Å². The monoisotopic (exact) mass is 332 g/mol. The summed E-state index contributed by atoms with van der Waals surface area (Å²) in [6.45, 7) is 0. The van der Waals surface area contributed by atoms with Crippen molar-refractivity contribution in [1.29, 1.82) is 0 Å². The summed E-state index contributed by atoms with van der Waals surface area (Å²) in [4.78, 5) is 0. The molecule has 0 aromatic rings. The second-order valence-electron chi connectivity index (χ2n) is 6.83. The molecule has 0 rings (SSSR count). The van der Waals surface area contributed by atoms with Gasteiger partial charge in [0.2, 0.25) is 0 Å². The normalized spacial score (nSPS) is 12.1. The second kappa shape index (κ2) is 16.0. The van der Waals surface area contributed by atoms with Crippen LogP contribution in [0.2, 0.25) is 6.04 Å². The molecule has 0 heterocycles. The van der Waals surface area contributed by atoms with Gasteiger partial charge >= 0.3 is 0 Å². The molecule has 0 fully saturated rings. The molecule has 0 radical (unpaired) electrons. The standard InChI is InChI=1S/C18H40O3Si/c19-18(20,21)16-14-12-10-8-6-4-2-1-3-5-7-9-11-13-15-17-22/h19-21H,1-17H2,22H3. The van der Waals surface area contributed by atoms with Crippen molar-refractivity contribution in [2.24, 2.45) is 0 Å². The average Bonchev–Trinajstić information content (AvgIpc) is 2.45. The van der Waals surface area contributed by atoms with Crippen molar-refractivity contribution in [3.05, 3.63) is 0 Å². The number of unbranched alkanes of at least 4 members (excludes halogenated alkanes) is 14. The van der Waals surface area contributed by atoms with Crippen LogP contribution in [-0.2, 0) is 0 Å². The minimum Gasteiger partial charge on any atom is -0.344 e. The molecule has 0 aromatic heterocycles. The highest BCUT2D eigenvalue weighted by Gasteiger charge is 2.16. The van der Waals surface area contributed by atoms with Gasteiger partial charge in [-0.05, 0) is 6.42 Å². The summed E-state index contributed by atoms with van der Waals surface area (Å²) in [7, 11) is 1.38. The second-order valence-corrected chi connectivity index (χ2v) is 7.83. The Kier molecular flexibility index (Phi) is 16.0. The fourth-order valence-electron chi connectivity index (χ4n) is 2.91. The van der Waals surface area contributed by atoms with Gasteiger partial charge in [0.05, 0.1) is 0 Å². The first-order valence-electron chi connectivity index (χ1n) is 9.73. The molecule has 0 unspecified atom stereocenters. The van der Waals surface area contributed by atoms with Gasteiger partial charge in [0.25, 0.3) is 5.97 Å². The van der Waals surface area contributed by atoms with Crippen molar-refractivity contribution in [1.82, 2.24) is 0 Å². The molecule has 0 aromatic carbocycles. The Morgan fingerprint density at radius 3 is 1.00 bits per heavy atom. The Labute approximate surface area is 140 Å². The molecular formula is C18H40O3Si. The molecule has 0 aliphatic heterocycles. The van der Waals surface area contributed by atoms with Crippen molar-refractivity contribution in [2.75, 3.05) is 0 Å². The summed E-state index contributed by atoms with van der Waals surface area (Å²) in [5, 5.41) is 26.2. The largest absolute Gasteiger partial charge is 0.344 e. The third kappa shape index (κ3) is 20.1. The van der Waals surface area contributed by atoms with Crippen LogP contribution in [0, 0.1) is 0 Å². The minimum atomic E-state index is -2.46. The van der Waals surface area contributed by atoms with E-state index in [1.165, 1.54) is 93.3 Å². The number of hydrogen-bond donors (Lipinski definition) is 3. The quantitative estimate of drug-likeness (QED) is 0.216. The van der Waals surface area contributed by atoms with Crippen LogP contribution in [0.25, 0.3) is 0 Å². The first-order valence-corrected chi connectivity index (χ1v) is 11.1. The molecule has 0 aliphatic carbocycles. The van der Waals surface area contributed by atoms with Crippen molar-refractivity contribution >= 4 is 10.2 Å². The van der Waals surface area contributed by atoms with Gasteiger partial charge in [0.15, 0.2) is 0 Å². The minimum absolute atomic E-state index is 0.0627. The first kappa shape index (κ1) is 22.1. The zero-order valence-corrected chi connectivity index (χ0v) is 16.9. The van der Waals surface area contributed by atoms with E-state index in [2.05, 4.69) is 0 Å². The Morgan fingerprint density at radius 2 is 0.727 bits per heavy atom. The Hall–Kier alpha value is 0.0969. The topological polar surface area (TPSA) is 60.7 Å². The maximum absolute atomic E-state index is 8.75. The fourth-order valence-corrected chi connectivity index (χ4v) is 3.41. The van der Waals surface area contributed by atoms with Gasteiger partial charge in [0.1, 0.15) is 0 Å². The highest BCUT2D eigenvalue weighted by atomic mass is 28.1. The van der Waals surface area contributed by atoms with Gasteiger partial charge in [-0.15, -0.1) is 0 Å². The molecule has 0 atom stereocenters. The van der Waals surface area contributed by atoms with E-state index in [1.54, 1.807) is 0 Å². The molecule has 3 nitrogen and oxygen atoms in total. The Bertz CT molecular complexity index is 217. The smallest absolute Gasteiger partial charge is 0.275 e. The van der Waals surface area contributed by atoms with E-state index in [0.717, 1.165) is 12.8 Å². The summed E-state index contributed by atoms with van der Waals surface area (Å²) in [6, 6.07) is 1.48. The van der Waals surface area contributed by atoms with Crippen LogP contribution in [0.15, 0.2) is 0 Å². The van der Waals surface area contributed by atoms with Gasteiger partial charge in [-0.2, -0.15) is 0 Å². The van der Waals surface area contributed by atoms with Crippen molar-refractivity contribution in [3.63, 3.8) is 0 Å². The van der Waals surface area contributed by atoms with Gasteiger partial charge in [-0.25, -0.2) is 0 Å². The molecule has 3 N–H and O–H groups in total. The molecule has 4 heteroatoms. The van der Waals surface area contributed by atoms with E-state index in [1.807, 2.05) is 0 Å². The molecule has 0 amide bonds. The van der Waals surface area contributed by atoms with E-state index in [4.69, 9.17) is 15.3 Å². The lowest BCUT2D eigenvalue weighted by Crippen LogP contribution is -2.26. The van der Waals surface area contributed by atoms with Crippen LogP contribution in [0.5, 0.6) is 0 Å². The lowest BCUT2D eigenvalue weighted by molar-refractivity contribution is -0.315. The summed E-state index contributed by atoms with van der Waals surface area (Å²) in [5.74, 6) is -2.46. The Balaban J connectivity index is 3.00. The molecule has 0 aliphatic rings. The van der Waals surface area contributed by atoms with Crippen LogP contribution in [0.1, 0.15) is 103 Å². The molecule has 0 saturated heterocycles. The number of aliphatic hydroxyl groups is 3. The number of rotatable bonds is 17. The van der Waals surface area contributed by atoms with E-state index >= 15 is 0 Å². The zero-order chi connectivity index (χ0) is 16.5. The molecule has 0 saturated carbocycles. The lowest BCUT2D eigenvalue weighted by Gasteiger charge is -2.12. The van der Waals surface area contributed by atoms with Gasteiger partial charge in [-0.3, -0.25) is 0 Å². The molecular weight excluding hydrogens is 292 g/mol. The maximum atomic E-state index is 8.75. The van der Waals surface area contributed by atoms with Crippen molar-refractivity contribution < 1.29 is 15.3 Å². The van der Waals surface area contributed by atoms with E-state index in [0.29, 0.717) is 6.42 Å². The SMILES string of the molecule is OC(O)(O)CCCCCCCCCCCCCCCCC[SiH3]. The fraction of sp³-hybridized carbons (Fsp3) is 1.00. The highest BCUT2D eigenvalue weighted by Crippen LogP contribution is 2.15. The van der Waals surface area contributed by atoms with Crippen LogP contribution < -0.4 is 0 Å². The van der Waals surface area contributed by atoms with Crippen molar-refractivity contribution in [3.8, 4) is 0 Å². The third-order valence-electron chi connectivity index (χ3n) is 4.37. The maximum Gasteiger partial charge on any atom is 0.275 e. The van der Waals surface area contributed by atoms with E-state index in [9.17, 15) is 0 Å². The molecule has 0 spiro atoms. The number of hydrogen-bond acceptors (Lipinski definition) is 3. The van der Waals surface area contributed by atoms with Crippen LogP contribution in [0.3, 0.4) is 0 Å². The van der Waals surface area contributed by atoms with Gasteiger partial charge < -0.3 is 15.3 Å². The average molecular weight is 333 g/mol. The summed E-state index contributed by atoms with van der Waals surface area (Å²) < 4.78 is 0.